The molecule has 1 N–H and O–H groups in total. The van der Waals surface area contributed by atoms with Gasteiger partial charge in [0.05, 0.1) is 5.69 Å². The quantitative estimate of drug-likeness (QED) is 0.655. The summed E-state index contributed by atoms with van der Waals surface area (Å²) in [6, 6.07) is 10.3. The van der Waals surface area contributed by atoms with Crippen molar-refractivity contribution in [2.24, 2.45) is 0 Å². The first-order valence-corrected chi connectivity index (χ1v) is 6.15. The molecule has 2 heterocycles. The van der Waals surface area contributed by atoms with Crippen LogP contribution in [0.1, 0.15) is 0 Å². The molecule has 0 unspecified atom stereocenters. The molecule has 0 fully saturated rings. The molecule has 78 valence electrons. The summed E-state index contributed by atoms with van der Waals surface area (Å²) in [5.74, 6) is 0. The van der Waals surface area contributed by atoms with E-state index in [1.54, 1.807) is 17.5 Å². The number of fused-ring (bicyclic) bond motifs is 1. The highest BCUT2D eigenvalue weighted by Crippen LogP contribution is 2.32. The van der Waals surface area contributed by atoms with E-state index in [0.717, 1.165) is 5.69 Å². The molecule has 0 aliphatic carbocycles. The van der Waals surface area contributed by atoms with Crippen LogP contribution < -0.4 is 0 Å². The zero-order valence-corrected chi connectivity index (χ0v) is 9.94. The minimum absolute atomic E-state index is 0.521. The molecule has 0 saturated heterocycles. The van der Waals surface area contributed by atoms with E-state index < -0.39 is 0 Å². The molecule has 0 amide bonds. The van der Waals surface area contributed by atoms with Crippen LogP contribution in [-0.2, 0) is 0 Å². The molecule has 0 aliphatic rings. The van der Waals surface area contributed by atoms with Gasteiger partial charge in [-0.05, 0) is 24.4 Å². The highest BCUT2D eigenvalue weighted by atomic mass is 32.1. The van der Waals surface area contributed by atoms with Gasteiger partial charge in [-0.15, -0.1) is 11.3 Å². The largest absolute Gasteiger partial charge is 0.330 e. The Morgan fingerprint density at radius 3 is 2.94 bits per heavy atom. The zero-order valence-electron chi connectivity index (χ0n) is 8.31. The Morgan fingerprint density at radius 2 is 2.06 bits per heavy atom. The highest BCUT2D eigenvalue weighted by Gasteiger charge is 2.05. The minimum atomic E-state index is 0.521. The fourth-order valence-electron chi connectivity index (χ4n) is 1.71. The first kappa shape index (κ1) is 9.69. The number of thiophene rings is 1. The van der Waals surface area contributed by atoms with E-state index in [-0.39, 0.29) is 0 Å². The fraction of sp³-hybridized carbons (Fsp3) is 0. The molecule has 1 aromatic carbocycles. The van der Waals surface area contributed by atoms with Gasteiger partial charge in [0.2, 0.25) is 0 Å². The van der Waals surface area contributed by atoms with Gasteiger partial charge in [0.25, 0.3) is 0 Å². The van der Waals surface area contributed by atoms with Gasteiger partial charge in [-0.1, -0.05) is 18.2 Å². The van der Waals surface area contributed by atoms with Crippen molar-refractivity contribution in [3.8, 4) is 11.3 Å². The third-order valence-electron chi connectivity index (χ3n) is 2.45. The van der Waals surface area contributed by atoms with Crippen LogP contribution in [0.15, 0.2) is 41.9 Å². The molecule has 2 aromatic heterocycles. The maximum atomic E-state index is 5.03. The lowest BCUT2D eigenvalue weighted by Gasteiger charge is -1.98. The molecule has 0 atom stereocenters. The van der Waals surface area contributed by atoms with Crippen molar-refractivity contribution in [2.45, 2.75) is 0 Å². The number of nitrogens with one attached hydrogen (secondary N) is 1. The van der Waals surface area contributed by atoms with Crippen molar-refractivity contribution in [1.82, 2.24) is 9.97 Å². The van der Waals surface area contributed by atoms with Crippen LogP contribution in [-0.4, -0.2) is 9.97 Å². The molecule has 0 radical (unpaired) electrons. The first-order valence-electron chi connectivity index (χ1n) is 4.86. The van der Waals surface area contributed by atoms with Crippen LogP contribution in [0.5, 0.6) is 0 Å². The third kappa shape index (κ3) is 1.56. The lowest BCUT2D eigenvalue weighted by molar-refractivity contribution is 1.14. The Balaban J connectivity index is 2.30. The van der Waals surface area contributed by atoms with Crippen molar-refractivity contribution in [1.29, 1.82) is 0 Å². The van der Waals surface area contributed by atoms with Gasteiger partial charge in [-0.25, -0.2) is 4.98 Å². The standard InChI is InChI=1S/C12H8N2S2/c15-12-13-6-5-10(14-12)9-7-16-11-4-2-1-3-8(9)11/h1-7H,(H,13,14,15). The van der Waals surface area contributed by atoms with Gasteiger partial charge in [0, 0.05) is 27.2 Å². The average molecular weight is 244 g/mol. The van der Waals surface area contributed by atoms with Gasteiger partial charge >= 0.3 is 0 Å². The topological polar surface area (TPSA) is 28.7 Å². The predicted molar refractivity (Wildman–Crippen MR) is 70.2 cm³/mol. The highest BCUT2D eigenvalue weighted by molar-refractivity contribution is 7.71. The molecule has 3 aromatic rings. The minimum Gasteiger partial charge on any atom is -0.330 e. The van der Waals surface area contributed by atoms with Gasteiger partial charge in [0.15, 0.2) is 4.77 Å². The number of aromatic nitrogens is 2. The molecule has 4 heteroatoms. The smallest absolute Gasteiger partial charge is 0.197 e. The second kappa shape index (κ2) is 3.81. The summed E-state index contributed by atoms with van der Waals surface area (Å²) in [6.45, 7) is 0. The van der Waals surface area contributed by atoms with Crippen molar-refractivity contribution in [3.63, 3.8) is 0 Å². The summed E-state index contributed by atoms with van der Waals surface area (Å²) in [5.41, 5.74) is 2.21. The summed E-state index contributed by atoms with van der Waals surface area (Å²) < 4.78 is 1.81. The van der Waals surface area contributed by atoms with Crippen LogP contribution >= 0.6 is 23.6 Å². The van der Waals surface area contributed by atoms with E-state index in [1.807, 2.05) is 12.1 Å². The Morgan fingerprint density at radius 1 is 1.19 bits per heavy atom. The van der Waals surface area contributed by atoms with Crippen molar-refractivity contribution in [3.05, 3.63) is 46.7 Å². The summed E-state index contributed by atoms with van der Waals surface area (Å²) >= 11 is 6.77. The number of hydrogen-bond acceptors (Lipinski definition) is 3. The monoisotopic (exact) mass is 244 g/mol. The number of rotatable bonds is 1. The van der Waals surface area contributed by atoms with Gasteiger partial charge in [-0.3, -0.25) is 0 Å². The van der Waals surface area contributed by atoms with Crippen LogP contribution in [0.3, 0.4) is 0 Å². The maximum Gasteiger partial charge on any atom is 0.197 e. The SMILES string of the molecule is S=c1nccc(-c2csc3ccccc23)[nH]1. The molecule has 0 aliphatic heterocycles. The second-order valence-corrected chi connectivity index (χ2v) is 4.73. The molecule has 0 bridgehead atoms. The number of hydrogen-bond donors (Lipinski definition) is 1. The van der Waals surface area contributed by atoms with Crippen LogP contribution in [0.25, 0.3) is 21.3 Å². The van der Waals surface area contributed by atoms with Crippen LogP contribution in [0.2, 0.25) is 0 Å². The summed E-state index contributed by atoms with van der Waals surface area (Å²) in [6.07, 6.45) is 1.74. The normalized spacial score (nSPS) is 10.8. The second-order valence-electron chi connectivity index (χ2n) is 3.43. The molecule has 2 nitrogen and oxygen atoms in total. The van der Waals surface area contributed by atoms with Gasteiger partial charge < -0.3 is 4.98 Å². The van der Waals surface area contributed by atoms with Gasteiger partial charge in [0.1, 0.15) is 0 Å². The molecule has 16 heavy (non-hydrogen) atoms. The van der Waals surface area contributed by atoms with E-state index in [2.05, 4.69) is 33.5 Å². The van der Waals surface area contributed by atoms with E-state index in [4.69, 9.17) is 12.2 Å². The van der Waals surface area contributed by atoms with E-state index in [9.17, 15) is 0 Å². The molecular weight excluding hydrogens is 236 g/mol. The van der Waals surface area contributed by atoms with E-state index in [1.165, 1.54) is 15.6 Å². The Labute approximate surface area is 102 Å². The Bertz CT molecular complexity index is 697. The van der Waals surface area contributed by atoms with Crippen LogP contribution in [0.4, 0.5) is 0 Å². The molecular formula is C12H8N2S2. The number of benzene rings is 1. The molecule has 0 saturated carbocycles. The fourth-order valence-corrected chi connectivity index (χ4v) is 2.84. The number of aromatic amines is 1. The number of nitrogens with zero attached hydrogens (tertiary/aromatic N) is 1. The van der Waals surface area contributed by atoms with E-state index >= 15 is 0 Å². The molecule has 3 rings (SSSR count). The summed E-state index contributed by atoms with van der Waals surface area (Å²) in [4.78, 5) is 7.10. The number of H-pyrrole nitrogens is 1. The van der Waals surface area contributed by atoms with E-state index in [0.29, 0.717) is 4.77 Å². The Kier molecular flexibility index (Phi) is 2.31. The summed E-state index contributed by atoms with van der Waals surface area (Å²) in [7, 11) is 0. The lowest BCUT2D eigenvalue weighted by Crippen LogP contribution is -1.84. The van der Waals surface area contributed by atoms with Crippen molar-refractivity contribution >= 4 is 33.6 Å². The lowest BCUT2D eigenvalue weighted by atomic mass is 10.1. The zero-order chi connectivity index (χ0) is 11.0. The van der Waals surface area contributed by atoms with Crippen LogP contribution in [0, 0.1) is 4.77 Å². The Hall–Kier alpha value is -1.52. The predicted octanol–water partition coefficient (Wildman–Crippen LogP) is 4.02. The molecule has 0 spiro atoms. The van der Waals surface area contributed by atoms with Crippen molar-refractivity contribution < 1.29 is 0 Å². The van der Waals surface area contributed by atoms with Crippen molar-refractivity contribution in [2.75, 3.05) is 0 Å². The van der Waals surface area contributed by atoms with Gasteiger partial charge in [-0.2, -0.15) is 0 Å². The average Bonchev–Trinajstić information content (AvgIpc) is 2.72. The summed E-state index contributed by atoms with van der Waals surface area (Å²) in [5, 5.41) is 3.40. The third-order valence-corrected chi connectivity index (χ3v) is 3.62. The maximum absolute atomic E-state index is 5.03. The first-order chi connectivity index (χ1) is 7.84.